The predicted octanol–water partition coefficient (Wildman–Crippen LogP) is 2.81. The van der Waals surface area contributed by atoms with Gasteiger partial charge in [-0.1, -0.05) is 11.6 Å². The number of hydrogen-bond donors (Lipinski definition) is 1. The van der Waals surface area contributed by atoms with E-state index >= 15 is 0 Å². The average Bonchev–Trinajstić information content (AvgIpc) is 2.63. The molecule has 10 nitrogen and oxygen atoms in total. The maximum absolute atomic E-state index is 11.6. The lowest BCUT2D eigenvalue weighted by molar-refractivity contribution is -0.383. The molecule has 26 heavy (non-hydrogen) atoms. The van der Waals surface area contributed by atoms with Crippen molar-refractivity contribution < 1.29 is 4.92 Å². The van der Waals surface area contributed by atoms with Crippen LogP contribution in [0.4, 0.5) is 23.1 Å². The Bertz CT molecular complexity index is 841. The van der Waals surface area contributed by atoms with Gasteiger partial charge in [-0.25, -0.2) is 15.0 Å². The summed E-state index contributed by atoms with van der Waals surface area (Å²) in [5.74, 6) is 0.309. The second kappa shape index (κ2) is 9.11. The van der Waals surface area contributed by atoms with Gasteiger partial charge < -0.3 is 10.2 Å². The number of aromatic nitrogens is 3. The lowest BCUT2D eigenvalue weighted by Crippen LogP contribution is -2.27. The van der Waals surface area contributed by atoms with E-state index in [-0.39, 0.29) is 43.3 Å². The number of anilines is 3. The third-order valence-electron chi connectivity index (χ3n) is 3.25. The smallest absolute Gasteiger partial charge is 0.349 e. The number of nitrogens with zero attached hydrogens (tertiary/aromatic N) is 7. The van der Waals surface area contributed by atoms with Gasteiger partial charge in [0.2, 0.25) is 11.6 Å². The topological polar surface area (TPSA) is 145 Å². The number of nitriles is 2. The van der Waals surface area contributed by atoms with Gasteiger partial charge in [-0.2, -0.15) is 10.5 Å². The van der Waals surface area contributed by atoms with Crippen LogP contribution in [0.1, 0.15) is 12.8 Å². The Morgan fingerprint density at radius 1 is 1.19 bits per heavy atom. The van der Waals surface area contributed by atoms with E-state index in [0.29, 0.717) is 10.8 Å². The van der Waals surface area contributed by atoms with Gasteiger partial charge in [0.15, 0.2) is 0 Å². The molecule has 0 saturated carbocycles. The Morgan fingerprint density at radius 2 is 1.88 bits per heavy atom. The predicted molar refractivity (Wildman–Crippen MR) is 93.9 cm³/mol. The summed E-state index contributed by atoms with van der Waals surface area (Å²) >= 11 is 5.78. The van der Waals surface area contributed by atoms with Gasteiger partial charge in [-0.05, 0) is 12.1 Å². The summed E-state index contributed by atoms with van der Waals surface area (Å²) in [7, 11) is 0. The molecule has 0 atom stereocenters. The number of pyridine rings is 1. The summed E-state index contributed by atoms with van der Waals surface area (Å²) in [4.78, 5) is 24.5. The molecule has 0 aromatic carbocycles. The minimum atomic E-state index is -0.612. The summed E-state index contributed by atoms with van der Waals surface area (Å²) in [6, 6.07) is 7.09. The van der Waals surface area contributed by atoms with Gasteiger partial charge in [0, 0.05) is 19.3 Å². The first-order valence-electron chi connectivity index (χ1n) is 7.43. The second-order valence-corrected chi connectivity index (χ2v) is 5.38. The van der Waals surface area contributed by atoms with E-state index in [1.165, 1.54) is 17.4 Å². The van der Waals surface area contributed by atoms with Crippen LogP contribution in [-0.4, -0.2) is 33.0 Å². The van der Waals surface area contributed by atoms with Crippen LogP contribution in [-0.2, 0) is 0 Å². The van der Waals surface area contributed by atoms with Crippen LogP contribution < -0.4 is 10.2 Å². The number of rotatable bonds is 8. The van der Waals surface area contributed by atoms with Gasteiger partial charge in [0.25, 0.3) is 0 Å². The molecule has 0 saturated heterocycles. The van der Waals surface area contributed by atoms with Crippen molar-refractivity contribution in [2.24, 2.45) is 0 Å². The molecule has 0 aliphatic rings. The van der Waals surface area contributed by atoms with Gasteiger partial charge in [0.1, 0.15) is 12.1 Å². The zero-order valence-corrected chi connectivity index (χ0v) is 14.2. The molecule has 0 bridgehead atoms. The van der Waals surface area contributed by atoms with Gasteiger partial charge in [-0.15, -0.1) is 0 Å². The standard InChI is InChI=1S/C15H13ClN8O2/c16-11-3-4-12(19-9-11)22-14-13(24(25)26)15(21-10-20-14)23(7-1-5-17)8-2-6-18/h3-4,9-10H,1-2,7-8H2,(H,19,20,21,22). The van der Waals surface area contributed by atoms with Gasteiger partial charge in [0.05, 0.1) is 34.9 Å². The van der Waals surface area contributed by atoms with Gasteiger partial charge in [-0.3, -0.25) is 10.1 Å². The van der Waals surface area contributed by atoms with Crippen molar-refractivity contribution in [1.82, 2.24) is 15.0 Å². The van der Waals surface area contributed by atoms with Crippen LogP contribution >= 0.6 is 11.6 Å². The van der Waals surface area contributed by atoms with E-state index in [2.05, 4.69) is 20.3 Å². The minimum Gasteiger partial charge on any atom is -0.349 e. The lowest BCUT2D eigenvalue weighted by atomic mass is 10.3. The van der Waals surface area contributed by atoms with Crippen LogP contribution in [0.25, 0.3) is 0 Å². The summed E-state index contributed by atoms with van der Waals surface area (Å²) in [5.41, 5.74) is -0.361. The highest BCUT2D eigenvalue weighted by atomic mass is 35.5. The van der Waals surface area contributed by atoms with E-state index in [9.17, 15) is 10.1 Å². The summed E-state index contributed by atoms with van der Waals surface area (Å²) < 4.78 is 0. The summed E-state index contributed by atoms with van der Waals surface area (Å²) in [6.45, 7) is 0.406. The van der Waals surface area contributed by atoms with E-state index in [0.717, 1.165) is 0 Å². The monoisotopic (exact) mass is 372 g/mol. The number of halogens is 1. The van der Waals surface area contributed by atoms with E-state index < -0.39 is 4.92 Å². The van der Waals surface area contributed by atoms with Crippen molar-refractivity contribution in [1.29, 1.82) is 10.5 Å². The molecule has 132 valence electrons. The molecule has 2 rings (SSSR count). The van der Waals surface area contributed by atoms with Crippen LogP contribution in [0.2, 0.25) is 5.02 Å². The SMILES string of the molecule is N#CCCN(CCC#N)c1ncnc(Nc2ccc(Cl)cn2)c1[N+](=O)[O-]. The van der Waals surface area contributed by atoms with Crippen molar-refractivity contribution in [2.45, 2.75) is 12.8 Å². The molecule has 11 heteroatoms. The van der Waals surface area contributed by atoms with Crippen molar-refractivity contribution in [3.8, 4) is 12.1 Å². The van der Waals surface area contributed by atoms with Crippen molar-refractivity contribution in [3.05, 3.63) is 39.8 Å². The number of hydrogen-bond acceptors (Lipinski definition) is 9. The minimum absolute atomic E-state index is 0.0342. The molecule has 2 aromatic rings. The fraction of sp³-hybridized carbons (Fsp3) is 0.267. The maximum Gasteiger partial charge on any atom is 0.353 e. The van der Waals surface area contributed by atoms with E-state index in [1.807, 2.05) is 12.1 Å². The number of nitrogens with one attached hydrogen (secondary N) is 1. The first-order chi connectivity index (χ1) is 12.6. The molecular weight excluding hydrogens is 360 g/mol. The van der Waals surface area contributed by atoms with E-state index in [4.69, 9.17) is 22.1 Å². The van der Waals surface area contributed by atoms with Crippen molar-refractivity contribution in [3.63, 3.8) is 0 Å². The first-order valence-corrected chi connectivity index (χ1v) is 7.81. The average molecular weight is 373 g/mol. The molecule has 0 fully saturated rings. The fourth-order valence-corrected chi connectivity index (χ4v) is 2.24. The molecule has 0 aliphatic heterocycles. The van der Waals surface area contributed by atoms with Crippen molar-refractivity contribution >= 4 is 34.7 Å². The Labute approximate surface area is 153 Å². The lowest BCUT2D eigenvalue weighted by Gasteiger charge is -2.21. The highest BCUT2D eigenvalue weighted by molar-refractivity contribution is 6.30. The third kappa shape index (κ3) is 4.75. The summed E-state index contributed by atoms with van der Waals surface area (Å²) in [6.07, 6.45) is 2.83. The van der Waals surface area contributed by atoms with Crippen LogP contribution in [0.5, 0.6) is 0 Å². The third-order valence-corrected chi connectivity index (χ3v) is 3.47. The van der Waals surface area contributed by atoms with Gasteiger partial charge >= 0.3 is 5.69 Å². The molecule has 2 heterocycles. The maximum atomic E-state index is 11.6. The Morgan fingerprint density at radius 3 is 2.42 bits per heavy atom. The number of nitro groups is 1. The second-order valence-electron chi connectivity index (χ2n) is 4.94. The van der Waals surface area contributed by atoms with E-state index in [1.54, 1.807) is 12.1 Å². The first kappa shape index (κ1) is 18.8. The molecule has 1 N–H and O–H groups in total. The molecule has 0 amide bonds. The Hall–Kier alpha value is -3.50. The normalized spacial score (nSPS) is 9.81. The van der Waals surface area contributed by atoms with Crippen LogP contribution in [0.3, 0.4) is 0 Å². The highest BCUT2D eigenvalue weighted by Crippen LogP contribution is 2.33. The fourth-order valence-electron chi connectivity index (χ4n) is 2.13. The molecule has 2 aromatic heterocycles. The molecular formula is C15H13ClN8O2. The molecule has 0 unspecified atom stereocenters. The quantitative estimate of drug-likeness (QED) is 0.545. The largest absolute Gasteiger partial charge is 0.353 e. The molecule has 0 radical (unpaired) electrons. The zero-order valence-electron chi connectivity index (χ0n) is 13.5. The molecule has 0 aliphatic carbocycles. The van der Waals surface area contributed by atoms with Crippen LogP contribution in [0, 0.1) is 32.8 Å². The molecule has 0 spiro atoms. The summed E-state index contributed by atoms with van der Waals surface area (Å²) in [5, 5.41) is 32.4. The Kier molecular flexibility index (Phi) is 6.60. The van der Waals surface area contributed by atoms with Crippen LogP contribution in [0.15, 0.2) is 24.7 Å². The van der Waals surface area contributed by atoms with Crippen molar-refractivity contribution in [2.75, 3.05) is 23.3 Å². The Balaban J connectivity index is 2.42. The highest BCUT2D eigenvalue weighted by Gasteiger charge is 2.27. The zero-order chi connectivity index (χ0) is 18.9.